The summed E-state index contributed by atoms with van der Waals surface area (Å²) in [7, 11) is 0. The molecule has 3 rings (SSSR count). The number of hydrogen-bond acceptors (Lipinski definition) is 5. The molecule has 1 N–H and O–H groups in total. The molecule has 0 saturated heterocycles. The average molecular weight is 324 g/mol. The Morgan fingerprint density at radius 2 is 1.96 bits per heavy atom. The van der Waals surface area contributed by atoms with E-state index >= 15 is 0 Å². The molecular formula is C18H24N6. The van der Waals surface area contributed by atoms with E-state index in [0.717, 1.165) is 34.9 Å². The highest BCUT2D eigenvalue weighted by Gasteiger charge is 2.11. The summed E-state index contributed by atoms with van der Waals surface area (Å²) in [6, 6.07) is 0.671. The fraction of sp³-hybridized carbons (Fsp3) is 0.444. The van der Waals surface area contributed by atoms with E-state index in [4.69, 9.17) is 4.98 Å². The normalized spacial score (nSPS) is 12.7. The van der Waals surface area contributed by atoms with E-state index < -0.39 is 0 Å². The molecule has 0 radical (unpaired) electrons. The summed E-state index contributed by atoms with van der Waals surface area (Å²) < 4.78 is 1.94. The van der Waals surface area contributed by atoms with Gasteiger partial charge in [0.05, 0.1) is 11.7 Å². The minimum atomic E-state index is 0.323. The largest absolute Gasteiger partial charge is 0.352 e. The van der Waals surface area contributed by atoms with E-state index in [1.54, 1.807) is 6.20 Å². The third-order valence-corrected chi connectivity index (χ3v) is 4.03. The lowest BCUT2D eigenvalue weighted by atomic mass is 10.1. The molecule has 0 aromatic carbocycles. The van der Waals surface area contributed by atoms with Gasteiger partial charge in [-0.25, -0.2) is 9.97 Å². The molecule has 6 heteroatoms. The van der Waals surface area contributed by atoms with E-state index in [0.29, 0.717) is 18.0 Å². The predicted molar refractivity (Wildman–Crippen MR) is 96.9 cm³/mol. The number of fused-ring (bicyclic) bond motifs is 1. The van der Waals surface area contributed by atoms with Gasteiger partial charge in [0.2, 0.25) is 5.95 Å². The maximum atomic E-state index is 4.73. The van der Waals surface area contributed by atoms with Gasteiger partial charge in [-0.1, -0.05) is 13.3 Å². The highest BCUT2D eigenvalue weighted by molar-refractivity contribution is 5.92. The second kappa shape index (κ2) is 6.95. The van der Waals surface area contributed by atoms with Gasteiger partial charge in [0, 0.05) is 53.4 Å². The Hall–Kier alpha value is -2.50. The van der Waals surface area contributed by atoms with Gasteiger partial charge in [-0.3, -0.25) is 9.67 Å². The molecule has 0 saturated carbocycles. The van der Waals surface area contributed by atoms with Crippen molar-refractivity contribution in [2.45, 2.75) is 52.6 Å². The predicted octanol–water partition coefficient (Wildman–Crippen LogP) is 4.07. The lowest BCUT2D eigenvalue weighted by molar-refractivity contribution is 0.532. The second-order valence-corrected chi connectivity index (χ2v) is 6.46. The Balaban J connectivity index is 2.00. The second-order valence-electron chi connectivity index (χ2n) is 6.46. The van der Waals surface area contributed by atoms with Crippen LogP contribution in [-0.4, -0.2) is 30.8 Å². The Labute approximate surface area is 142 Å². The van der Waals surface area contributed by atoms with Crippen LogP contribution < -0.4 is 5.32 Å². The monoisotopic (exact) mass is 324 g/mol. The van der Waals surface area contributed by atoms with E-state index in [9.17, 15) is 0 Å². The maximum absolute atomic E-state index is 4.73. The molecule has 6 nitrogen and oxygen atoms in total. The topological polar surface area (TPSA) is 68.5 Å². The molecule has 1 atom stereocenters. The van der Waals surface area contributed by atoms with E-state index in [2.05, 4.69) is 48.1 Å². The number of pyridine rings is 1. The minimum Gasteiger partial charge on any atom is -0.352 e. The van der Waals surface area contributed by atoms with Gasteiger partial charge < -0.3 is 5.32 Å². The Bertz CT molecular complexity index is 823. The molecule has 0 aliphatic heterocycles. The van der Waals surface area contributed by atoms with Crippen LogP contribution >= 0.6 is 0 Å². The number of rotatable bonds is 6. The van der Waals surface area contributed by atoms with Gasteiger partial charge in [-0.2, -0.15) is 5.10 Å². The third-order valence-electron chi connectivity index (χ3n) is 4.03. The molecule has 3 aromatic rings. The number of nitrogens with one attached hydrogen (secondary N) is 1. The summed E-state index contributed by atoms with van der Waals surface area (Å²) in [6.45, 7) is 8.54. The van der Waals surface area contributed by atoms with E-state index in [1.807, 2.05) is 29.5 Å². The Kier molecular flexibility index (Phi) is 4.74. The first-order chi connectivity index (χ1) is 11.6. The Morgan fingerprint density at radius 1 is 1.12 bits per heavy atom. The van der Waals surface area contributed by atoms with E-state index in [-0.39, 0.29) is 0 Å². The highest BCUT2D eigenvalue weighted by atomic mass is 15.3. The van der Waals surface area contributed by atoms with Crippen molar-refractivity contribution in [1.29, 1.82) is 0 Å². The van der Waals surface area contributed by atoms with Crippen molar-refractivity contribution in [2.24, 2.45) is 0 Å². The molecule has 0 spiro atoms. The summed E-state index contributed by atoms with van der Waals surface area (Å²) in [6.07, 6.45) is 11.6. The van der Waals surface area contributed by atoms with Crippen LogP contribution in [0.2, 0.25) is 0 Å². The fourth-order valence-corrected chi connectivity index (χ4v) is 2.72. The van der Waals surface area contributed by atoms with Crippen molar-refractivity contribution >= 4 is 16.9 Å². The van der Waals surface area contributed by atoms with Gasteiger partial charge in [0.25, 0.3) is 0 Å². The number of hydrogen-bond donors (Lipinski definition) is 1. The van der Waals surface area contributed by atoms with Crippen molar-refractivity contribution < 1.29 is 0 Å². The zero-order chi connectivity index (χ0) is 17.1. The quantitative estimate of drug-likeness (QED) is 0.740. The molecule has 0 aliphatic carbocycles. The molecule has 0 bridgehead atoms. The molecule has 3 heterocycles. The zero-order valence-corrected chi connectivity index (χ0v) is 14.7. The lowest BCUT2D eigenvalue weighted by Crippen LogP contribution is -2.16. The zero-order valence-electron chi connectivity index (χ0n) is 14.7. The number of nitrogens with zero attached hydrogens (tertiary/aromatic N) is 5. The average Bonchev–Trinajstić information content (AvgIpc) is 3.04. The summed E-state index contributed by atoms with van der Waals surface area (Å²) in [5.74, 6) is 0.659. The van der Waals surface area contributed by atoms with Crippen LogP contribution in [0.3, 0.4) is 0 Å². The molecule has 0 amide bonds. The van der Waals surface area contributed by atoms with Crippen molar-refractivity contribution in [3.8, 4) is 11.1 Å². The first-order valence-corrected chi connectivity index (χ1v) is 8.50. The molecule has 0 aliphatic rings. The standard InChI is InChI=1S/C18H24N6/c1-5-6-13(4)22-18-20-8-14-7-19-10-16(17(14)23-18)15-9-21-24(11-15)12(2)3/h7-13H,5-6H2,1-4H3,(H,20,22,23)/t13-/m0/s1. The fourth-order valence-electron chi connectivity index (χ4n) is 2.72. The van der Waals surface area contributed by atoms with Crippen LogP contribution in [0.4, 0.5) is 5.95 Å². The third kappa shape index (κ3) is 3.37. The minimum absolute atomic E-state index is 0.323. The van der Waals surface area contributed by atoms with Gasteiger partial charge in [-0.05, 0) is 27.2 Å². The molecule has 126 valence electrons. The Morgan fingerprint density at radius 3 is 2.67 bits per heavy atom. The smallest absolute Gasteiger partial charge is 0.223 e. The van der Waals surface area contributed by atoms with Crippen molar-refractivity contribution in [3.05, 3.63) is 31.0 Å². The van der Waals surface area contributed by atoms with Gasteiger partial charge in [0.15, 0.2) is 0 Å². The molecule has 0 unspecified atom stereocenters. The summed E-state index contributed by atoms with van der Waals surface area (Å²) in [4.78, 5) is 13.5. The van der Waals surface area contributed by atoms with Gasteiger partial charge in [0.1, 0.15) is 0 Å². The van der Waals surface area contributed by atoms with Crippen LogP contribution in [-0.2, 0) is 0 Å². The van der Waals surface area contributed by atoms with Crippen LogP contribution in [0.5, 0.6) is 0 Å². The first-order valence-electron chi connectivity index (χ1n) is 8.50. The molecule has 0 fully saturated rings. The molecule has 24 heavy (non-hydrogen) atoms. The van der Waals surface area contributed by atoms with Crippen LogP contribution in [0.1, 0.15) is 46.6 Å². The maximum Gasteiger partial charge on any atom is 0.223 e. The van der Waals surface area contributed by atoms with Crippen LogP contribution in [0, 0.1) is 0 Å². The van der Waals surface area contributed by atoms with Gasteiger partial charge in [-0.15, -0.1) is 0 Å². The SMILES string of the molecule is CCC[C@H](C)Nc1ncc2cncc(-c3cnn(C(C)C)c3)c2n1. The summed E-state index contributed by atoms with van der Waals surface area (Å²) in [5.41, 5.74) is 2.90. The molecule has 3 aromatic heterocycles. The van der Waals surface area contributed by atoms with Crippen molar-refractivity contribution in [3.63, 3.8) is 0 Å². The van der Waals surface area contributed by atoms with Crippen LogP contribution in [0.25, 0.3) is 22.0 Å². The van der Waals surface area contributed by atoms with E-state index in [1.165, 1.54) is 0 Å². The molecular weight excluding hydrogens is 300 g/mol. The van der Waals surface area contributed by atoms with Crippen molar-refractivity contribution in [1.82, 2.24) is 24.7 Å². The highest BCUT2D eigenvalue weighted by Crippen LogP contribution is 2.27. The van der Waals surface area contributed by atoms with Crippen molar-refractivity contribution in [2.75, 3.05) is 5.32 Å². The summed E-state index contributed by atoms with van der Waals surface area (Å²) >= 11 is 0. The first kappa shape index (κ1) is 16.4. The van der Waals surface area contributed by atoms with Crippen LogP contribution in [0.15, 0.2) is 31.0 Å². The summed E-state index contributed by atoms with van der Waals surface area (Å²) in [5, 5.41) is 8.73. The number of anilines is 1. The number of aromatic nitrogens is 5. The lowest BCUT2D eigenvalue weighted by Gasteiger charge is -2.13. The van der Waals surface area contributed by atoms with Gasteiger partial charge >= 0.3 is 0 Å².